The molecule has 0 bridgehead atoms. The lowest BCUT2D eigenvalue weighted by atomic mass is 10.0. The second-order valence-electron chi connectivity index (χ2n) is 6.26. The van der Waals surface area contributed by atoms with Gasteiger partial charge in [-0.2, -0.15) is 0 Å². The number of halogens is 1. The largest absolute Gasteiger partial charge is 0.495 e. The molecule has 2 aromatic rings. The quantitative estimate of drug-likeness (QED) is 0.700. The first-order valence-electron chi connectivity index (χ1n) is 8.68. The van der Waals surface area contributed by atoms with Crippen molar-refractivity contribution in [2.45, 2.75) is 19.8 Å². The van der Waals surface area contributed by atoms with Crippen LogP contribution in [0.2, 0.25) is 5.02 Å². The van der Waals surface area contributed by atoms with Crippen molar-refractivity contribution in [2.24, 2.45) is 5.41 Å². The summed E-state index contributed by atoms with van der Waals surface area (Å²) in [5, 5.41) is 6.06. The highest BCUT2D eigenvalue weighted by atomic mass is 35.5. The van der Waals surface area contributed by atoms with Gasteiger partial charge in [-0.3, -0.25) is 9.59 Å². The second kappa shape index (κ2) is 7.88. The van der Waals surface area contributed by atoms with Crippen LogP contribution >= 0.6 is 11.6 Å². The minimum Gasteiger partial charge on any atom is -0.495 e. The highest BCUT2D eigenvalue weighted by molar-refractivity contribution is 6.31. The smallest absolute Gasteiger partial charge is 0.240 e. The maximum absolute atomic E-state index is 12.8. The Hall–Kier alpha value is -2.73. The first kappa shape index (κ1) is 19.0. The van der Waals surface area contributed by atoms with Gasteiger partial charge in [-0.15, -0.1) is 0 Å². The number of rotatable bonds is 7. The van der Waals surface area contributed by atoms with Crippen LogP contribution in [-0.2, 0) is 9.59 Å². The lowest BCUT2D eigenvalue weighted by molar-refractivity contribution is -0.131. The van der Waals surface area contributed by atoms with E-state index in [1.165, 1.54) is 7.11 Å². The molecule has 6 nitrogen and oxygen atoms in total. The molecule has 1 aliphatic rings. The van der Waals surface area contributed by atoms with Gasteiger partial charge < -0.3 is 20.1 Å². The van der Waals surface area contributed by atoms with E-state index in [4.69, 9.17) is 21.1 Å². The molecule has 0 heterocycles. The Morgan fingerprint density at radius 1 is 1.04 bits per heavy atom. The van der Waals surface area contributed by atoms with E-state index in [2.05, 4.69) is 10.6 Å². The fourth-order valence-electron chi connectivity index (χ4n) is 2.80. The van der Waals surface area contributed by atoms with Crippen LogP contribution in [0.15, 0.2) is 42.5 Å². The van der Waals surface area contributed by atoms with E-state index in [1.54, 1.807) is 36.4 Å². The molecular formula is C20H21ClN2O4. The highest BCUT2D eigenvalue weighted by Gasteiger charge is 2.56. The van der Waals surface area contributed by atoms with Crippen molar-refractivity contribution in [2.75, 3.05) is 24.4 Å². The molecular weight excluding hydrogens is 368 g/mol. The van der Waals surface area contributed by atoms with Gasteiger partial charge in [0.1, 0.15) is 16.9 Å². The molecule has 0 saturated heterocycles. The van der Waals surface area contributed by atoms with Crippen LogP contribution in [0.4, 0.5) is 11.4 Å². The van der Waals surface area contributed by atoms with E-state index in [0.29, 0.717) is 47.3 Å². The molecule has 0 aliphatic heterocycles. The molecule has 27 heavy (non-hydrogen) atoms. The van der Waals surface area contributed by atoms with E-state index in [1.807, 2.05) is 13.0 Å². The van der Waals surface area contributed by atoms with Crippen molar-refractivity contribution in [3.05, 3.63) is 47.5 Å². The zero-order valence-corrected chi connectivity index (χ0v) is 15.9. The second-order valence-corrected chi connectivity index (χ2v) is 6.70. The summed E-state index contributed by atoms with van der Waals surface area (Å²) in [5.74, 6) is 0.314. The highest BCUT2D eigenvalue weighted by Crippen LogP contribution is 2.48. The summed E-state index contributed by atoms with van der Waals surface area (Å²) in [4.78, 5) is 25.6. The van der Waals surface area contributed by atoms with E-state index in [9.17, 15) is 9.59 Å². The van der Waals surface area contributed by atoms with Gasteiger partial charge in [0.25, 0.3) is 0 Å². The molecule has 0 radical (unpaired) electrons. The lowest BCUT2D eigenvalue weighted by Gasteiger charge is -2.18. The first-order chi connectivity index (χ1) is 13.0. The normalized spacial score (nSPS) is 14.2. The van der Waals surface area contributed by atoms with Gasteiger partial charge >= 0.3 is 0 Å². The Labute approximate surface area is 162 Å². The lowest BCUT2D eigenvalue weighted by Crippen LogP contribution is -2.35. The van der Waals surface area contributed by atoms with Crippen LogP contribution in [0.1, 0.15) is 19.8 Å². The van der Waals surface area contributed by atoms with Gasteiger partial charge in [0.2, 0.25) is 11.8 Å². The number of carbonyl (C=O) groups is 2. The fourth-order valence-corrected chi connectivity index (χ4v) is 2.97. The van der Waals surface area contributed by atoms with Crippen LogP contribution < -0.4 is 20.1 Å². The third-order valence-electron chi connectivity index (χ3n) is 4.46. The van der Waals surface area contributed by atoms with Crippen LogP contribution in [-0.4, -0.2) is 25.5 Å². The van der Waals surface area contributed by atoms with Crippen LogP contribution in [0.3, 0.4) is 0 Å². The molecule has 0 atom stereocenters. The molecule has 3 rings (SSSR count). The van der Waals surface area contributed by atoms with Crippen molar-refractivity contribution < 1.29 is 19.1 Å². The van der Waals surface area contributed by atoms with Crippen molar-refractivity contribution in [1.82, 2.24) is 0 Å². The van der Waals surface area contributed by atoms with Crippen molar-refractivity contribution >= 4 is 34.8 Å². The fraction of sp³-hybridized carbons (Fsp3) is 0.300. The molecule has 1 saturated carbocycles. The Morgan fingerprint density at radius 3 is 2.33 bits per heavy atom. The zero-order chi connectivity index (χ0) is 19.4. The van der Waals surface area contributed by atoms with Gasteiger partial charge in [0.15, 0.2) is 0 Å². The van der Waals surface area contributed by atoms with Crippen molar-refractivity contribution in [1.29, 1.82) is 0 Å². The van der Waals surface area contributed by atoms with Crippen molar-refractivity contribution in [3.63, 3.8) is 0 Å². The van der Waals surface area contributed by atoms with Gasteiger partial charge in [-0.25, -0.2) is 0 Å². The number of hydrogen-bond donors (Lipinski definition) is 2. The zero-order valence-electron chi connectivity index (χ0n) is 15.2. The number of carbonyl (C=O) groups excluding carboxylic acids is 2. The number of methoxy groups -OCH3 is 1. The number of benzene rings is 2. The van der Waals surface area contributed by atoms with E-state index < -0.39 is 5.41 Å². The van der Waals surface area contributed by atoms with E-state index in [-0.39, 0.29) is 11.8 Å². The molecule has 0 spiro atoms. The Kier molecular flexibility index (Phi) is 5.56. The van der Waals surface area contributed by atoms with E-state index >= 15 is 0 Å². The monoisotopic (exact) mass is 388 g/mol. The third kappa shape index (κ3) is 4.01. The average molecular weight is 389 g/mol. The SMILES string of the molecule is CCOc1ccccc1NC(=O)C1(C(=O)Nc2cc(Cl)ccc2OC)CC1. The summed E-state index contributed by atoms with van der Waals surface area (Å²) >= 11 is 6.00. The number of ether oxygens (including phenoxy) is 2. The average Bonchev–Trinajstić information content (AvgIpc) is 3.46. The van der Waals surface area contributed by atoms with E-state index in [0.717, 1.165) is 0 Å². The topological polar surface area (TPSA) is 76.7 Å². The van der Waals surface area contributed by atoms with Gasteiger partial charge in [0, 0.05) is 5.02 Å². The summed E-state index contributed by atoms with van der Waals surface area (Å²) in [6.45, 7) is 2.35. The molecule has 2 amide bonds. The summed E-state index contributed by atoms with van der Waals surface area (Å²) in [7, 11) is 1.50. The van der Waals surface area contributed by atoms with Gasteiger partial charge in [-0.1, -0.05) is 23.7 Å². The molecule has 7 heteroatoms. The Balaban J connectivity index is 1.76. The summed E-state index contributed by atoms with van der Waals surface area (Å²) < 4.78 is 10.8. The number of para-hydroxylation sites is 2. The van der Waals surface area contributed by atoms with Crippen LogP contribution in [0.5, 0.6) is 11.5 Å². The molecule has 1 aliphatic carbocycles. The van der Waals surface area contributed by atoms with Crippen LogP contribution in [0.25, 0.3) is 0 Å². The van der Waals surface area contributed by atoms with Crippen LogP contribution in [0, 0.1) is 5.41 Å². The minimum atomic E-state index is -1.10. The summed E-state index contributed by atoms with van der Waals surface area (Å²) in [6, 6.07) is 12.1. The summed E-state index contributed by atoms with van der Waals surface area (Å²) in [6.07, 6.45) is 0.953. The standard InChI is InChI=1S/C20H21ClN2O4/c1-3-27-17-7-5-4-6-14(17)22-18(24)20(10-11-20)19(25)23-15-12-13(21)8-9-16(15)26-2/h4-9,12H,3,10-11H2,1-2H3,(H,22,24)(H,23,25). The maximum atomic E-state index is 12.8. The molecule has 0 unspecified atom stereocenters. The molecule has 1 fully saturated rings. The maximum Gasteiger partial charge on any atom is 0.240 e. The number of amides is 2. The Morgan fingerprint density at radius 2 is 1.70 bits per heavy atom. The molecule has 2 aromatic carbocycles. The number of anilines is 2. The molecule has 2 N–H and O–H groups in total. The number of hydrogen-bond acceptors (Lipinski definition) is 4. The Bertz CT molecular complexity index is 865. The summed E-state index contributed by atoms with van der Waals surface area (Å²) in [5.41, 5.74) is -0.125. The predicted molar refractivity (Wildman–Crippen MR) is 105 cm³/mol. The first-order valence-corrected chi connectivity index (χ1v) is 9.06. The van der Waals surface area contributed by atoms with Crippen molar-refractivity contribution in [3.8, 4) is 11.5 Å². The van der Waals surface area contributed by atoms with Gasteiger partial charge in [-0.05, 0) is 50.1 Å². The minimum absolute atomic E-state index is 0.354. The van der Waals surface area contributed by atoms with Gasteiger partial charge in [0.05, 0.1) is 25.1 Å². The third-order valence-corrected chi connectivity index (χ3v) is 4.70. The molecule has 0 aromatic heterocycles. The molecule has 142 valence electrons. The number of nitrogens with one attached hydrogen (secondary N) is 2. The predicted octanol–water partition coefficient (Wildman–Crippen LogP) is 4.10.